The van der Waals surface area contributed by atoms with E-state index >= 15 is 0 Å². The van der Waals surface area contributed by atoms with Crippen LogP contribution in [-0.4, -0.2) is 29.9 Å². The first-order valence-corrected chi connectivity index (χ1v) is 9.04. The van der Waals surface area contributed by atoms with E-state index in [9.17, 15) is 0 Å². The van der Waals surface area contributed by atoms with Gasteiger partial charge in [-0.3, -0.25) is 4.98 Å². The van der Waals surface area contributed by atoms with Crippen LogP contribution in [0.1, 0.15) is 44.4 Å². The second-order valence-electron chi connectivity index (χ2n) is 7.13. The predicted octanol–water partition coefficient (Wildman–Crippen LogP) is 3.58. The molecule has 0 bridgehead atoms. The lowest BCUT2D eigenvalue weighted by Crippen LogP contribution is -2.04. The minimum atomic E-state index is 0.120. The van der Waals surface area contributed by atoms with Crippen LogP contribution in [0.15, 0.2) is 35.4 Å². The molecule has 1 saturated carbocycles. The molecule has 0 aromatic carbocycles. The Labute approximate surface area is 155 Å². The van der Waals surface area contributed by atoms with Crippen molar-refractivity contribution in [1.29, 1.82) is 0 Å². The van der Waals surface area contributed by atoms with Crippen molar-refractivity contribution in [2.24, 2.45) is 0 Å². The second kappa shape index (κ2) is 5.87. The van der Waals surface area contributed by atoms with E-state index in [2.05, 4.69) is 34.0 Å². The van der Waals surface area contributed by atoms with E-state index in [0.29, 0.717) is 34.2 Å². The summed E-state index contributed by atoms with van der Waals surface area (Å²) >= 11 is 0. The van der Waals surface area contributed by atoms with E-state index in [1.165, 1.54) is 6.33 Å². The van der Waals surface area contributed by atoms with Gasteiger partial charge in [-0.1, -0.05) is 5.16 Å². The van der Waals surface area contributed by atoms with Crippen molar-refractivity contribution >= 4 is 16.9 Å². The Morgan fingerprint density at radius 2 is 1.93 bits per heavy atom. The third kappa shape index (κ3) is 2.48. The fraction of sp³-hybridized carbons (Fsp3) is 0.316. The Morgan fingerprint density at radius 1 is 1.15 bits per heavy atom. The molecule has 8 heteroatoms. The normalized spacial score (nSPS) is 14.3. The highest BCUT2D eigenvalue weighted by atomic mass is 16.5. The number of nitrogens with two attached hydrogens (primary N) is 1. The van der Waals surface area contributed by atoms with Gasteiger partial charge in [-0.15, -0.1) is 0 Å². The maximum absolute atomic E-state index is 6.20. The van der Waals surface area contributed by atoms with E-state index in [1.807, 2.05) is 16.8 Å². The van der Waals surface area contributed by atoms with Gasteiger partial charge in [0.05, 0.1) is 10.9 Å². The summed E-state index contributed by atoms with van der Waals surface area (Å²) in [5, 5.41) is 9.91. The molecule has 0 saturated heterocycles. The van der Waals surface area contributed by atoms with Gasteiger partial charge in [-0.25, -0.2) is 14.6 Å². The Balaban J connectivity index is 1.82. The summed E-state index contributed by atoms with van der Waals surface area (Å²) in [5.74, 6) is 1.69. The highest BCUT2D eigenvalue weighted by Gasteiger charge is 2.34. The van der Waals surface area contributed by atoms with Crippen molar-refractivity contribution in [1.82, 2.24) is 29.9 Å². The van der Waals surface area contributed by atoms with Crippen LogP contribution in [0.4, 0.5) is 5.82 Å². The van der Waals surface area contributed by atoms with Crippen LogP contribution in [0.5, 0.6) is 0 Å². The topological polar surface area (TPSA) is 109 Å². The molecular formula is C19H19N7O. The minimum absolute atomic E-state index is 0.120. The van der Waals surface area contributed by atoms with Crippen molar-refractivity contribution in [3.05, 3.63) is 36.6 Å². The monoisotopic (exact) mass is 361 g/mol. The average molecular weight is 361 g/mol. The summed E-state index contributed by atoms with van der Waals surface area (Å²) in [4.78, 5) is 12.7. The Hall–Kier alpha value is -3.29. The quantitative estimate of drug-likeness (QED) is 0.591. The minimum Gasteiger partial charge on any atom is -0.383 e. The van der Waals surface area contributed by atoms with E-state index in [0.717, 1.165) is 29.7 Å². The Morgan fingerprint density at radius 3 is 2.63 bits per heavy atom. The summed E-state index contributed by atoms with van der Waals surface area (Å²) in [6.45, 7) is 4.10. The number of nitrogens with zero attached hydrogens (tertiary/aromatic N) is 6. The van der Waals surface area contributed by atoms with Crippen molar-refractivity contribution < 1.29 is 4.52 Å². The van der Waals surface area contributed by atoms with Gasteiger partial charge in [0.2, 0.25) is 0 Å². The second-order valence-corrected chi connectivity index (χ2v) is 7.13. The molecule has 1 fully saturated rings. The lowest BCUT2D eigenvalue weighted by atomic mass is 10.00. The number of fused-ring (bicyclic) bond motifs is 1. The number of nitrogen functional groups attached to an aromatic ring is 1. The van der Waals surface area contributed by atoms with Crippen molar-refractivity contribution in [3.8, 4) is 22.5 Å². The molecule has 0 aliphatic heterocycles. The summed E-state index contributed by atoms with van der Waals surface area (Å²) in [6.07, 6.45) is 7.22. The summed E-state index contributed by atoms with van der Waals surface area (Å²) < 4.78 is 7.64. The van der Waals surface area contributed by atoms with E-state index in [4.69, 9.17) is 15.4 Å². The zero-order valence-electron chi connectivity index (χ0n) is 15.1. The molecule has 1 aliphatic rings. The summed E-state index contributed by atoms with van der Waals surface area (Å²) in [7, 11) is 0. The molecule has 4 heterocycles. The number of hydrogen-bond donors (Lipinski definition) is 1. The SMILES string of the molecule is CC(C)n1nc(-c2noc(C3CC3)c2-c2ccncc2)c2c(N)ncnc21. The maximum Gasteiger partial charge on any atom is 0.164 e. The number of hydrogen-bond acceptors (Lipinski definition) is 7. The Bertz CT molecular complexity index is 1130. The molecular weight excluding hydrogens is 342 g/mol. The van der Waals surface area contributed by atoms with Gasteiger partial charge in [0.1, 0.15) is 29.3 Å². The van der Waals surface area contributed by atoms with Crippen molar-refractivity contribution in [3.63, 3.8) is 0 Å². The van der Waals surface area contributed by atoms with Crippen LogP contribution >= 0.6 is 0 Å². The van der Waals surface area contributed by atoms with Gasteiger partial charge < -0.3 is 10.3 Å². The largest absolute Gasteiger partial charge is 0.383 e. The molecule has 1 aliphatic carbocycles. The van der Waals surface area contributed by atoms with Gasteiger partial charge in [-0.2, -0.15) is 5.10 Å². The zero-order valence-corrected chi connectivity index (χ0v) is 15.1. The molecule has 136 valence electrons. The molecule has 4 aromatic heterocycles. The van der Waals surface area contributed by atoms with E-state index in [1.54, 1.807) is 12.4 Å². The van der Waals surface area contributed by atoms with Crippen LogP contribution in [0.3, 0.4) is 0 Å². The van der Waals surface area contributed by atoms with Gasteiger partial charge in [-0.05, 0) is 44.4 Å². The van der Waals surface area contributed by atoms with Gasteiger partial charge in [0, 0.05) is 24.4 Å². The summed E-state index contributed by atoms with van der Waals surface area (Å²) in [6, 6.07) is 4.04. The number of rotatable bonds is 4. The van der Waals surface area contributed by atoms with E-state index < -0.39 is 0 Å². The molecule has 4 aromatic rings. The molecule has 0 unspecified atom stereocenters. The molecule has 27 heavy (non-hydrogen) atoms. The highest BCUT2D eigenvalue weighted by Crippen LogP contribution is 2.48. The van der Waals surface area contributed by atoms with Crippen LogP contribution in [0.25, 0.3) is 33.5 Å². The van der Waals surface area contributed by atoms with Crippen LogP contribution in [-0.2, 0) is 0 Å². The number of aromatic nitrogens is 6. The number of anilines is 1. The third-order valence-electron chi connectivity index (χ3n) is 4.87. The first kappa shape index (κ1) is 15.9. The fourth-order valence-electron chi connectivity index (χ4n) is 3.41. The van der Waals surface area contributed by atoms with Gasteiger partial charge in [0.25, 0.3) is 0 Å². The van der Waals surface area contributed by atoms with Crippen LogP contribution < -0.4 is 5.73 Å². The first-order chi connectivity index (χ1) is 13.1. The highest BCUT2D eigenvalue weighted by molar-refractivity contribution is 6.00. The molecule has 5 rings (SSSR count). The summed E-state index contributed by atoms with van der Waals surface area (Å²) in [5.41, 5.74) is 10.2. The molecule has 0 atom stereocenters. The molecule has 0 radical (unpaired) electrons. The first-order valence-electron chi connectivity index (χ1n) is 9.04. The number of pyridine rings is 1. The lowest BCUT2D eigenvalue weighted by Gasteiger charge is -2.05. The van der Waals surface area contributed by atoms with Gasteiger partial charge >= 0.3 is 0 Å². The smallest absolute Gasteiger partial charge is 0.164 e. The van der Waals surface area contributed by atoms with Crippen LogP contribution in [0, 0.1) is 0 Å². The van der Waals surface area contributed by atoms with E-state index in [-0.39, 0.29) is 6.04 Å². The van der Waals surface area contributed by atoms with Gasteiger partial charge in [0.15, 0.2) is 5.65 Å². The lowest BCUT2D eigenvalue weighted by molar-refractivity contribution is 0.386. The van der Waals surface area contributed by atoms with Crippen LogP contribution in [0.2, 0.25) is 0 Å². The third-order valence-corrected chi connectivity index (χ3v) is 4.87. The van der Waals surface area contributed by atoms with Crippen molar-refractivity contribution in [2.45, 2.75) is 38.6 Å². The molecule has 2 N–H and O–H groups in total. The molecule has 0 spiro atoms. The molecule has 0 amide bonds. The zero-order chi connectivity index (χ0) is 18.5. The Kier molecular flexibility index (Phi) is 3.46. The fourth-order valence-corrected chi connectivity index (χ4v) is 3.41. The molecule has 8 nitrogen and oxygen atoms in total. The van der Waals surface area contributed by atoms with Crippen molar-refractivity contribution in [2.75, 3.05) is 5.73 Å². The predicted molar refractivity (Wildman–Crippen MR) is 101 cm³/mol. The maximum atomic E-state index is 6.20. The standard InChI is InChI=1S/C19H19N7O/c1-10(2)26-19-14(18(20)22-9-23-19)15(24-26)16-13(11-5-7-21-8-6-11)17(27-25-16)12-3-4-12/h5-10,12H,3-4H2,1-2H3,(H2,20,22,23). The average Bonchev–Trinajstić information content (AvgIpc) is 3.29.